The normalized spacial score (nSPS) is 11.3. The molecule has 0 aliphatic carbocycles. The molecule has 0 radical (unpaired) electrons. The Morgan fingerprint density at radius 2 is 2.09 bits per heavy atom. The summed E-state index contributed by atoms with van der Waals surface area (Å²) in [5.74, 6) is -0.368. The smallest absolute Gasteiger partial charge is 0.344 e. The Hall–Kier alpha value is -3.60. The Morgan fingerprint density at radius 3 is 2.76 bits per heavy atom. The molecule has 2 aromatic carbocycles. The molecule has 0 saturated carbocycles. The topological polar surface area (TPSA) is 126 Å². The van der Waals surface area contributed by atoms with Crippen LogP contribution in [-0.4, -0.2) is 39.5 Å². The summed E-state index contributed by atoms with van der Waals surface area (Å²) < 4.78 is 12.4. The molecule has 11 heteroatoms. The SMILES string of the molecule is CCCc1nc2ccc(Br)cc2c(=O)n1N=Cc1cccc([N+](=O)[O-])c1OCC(=O)OC(C)C. The molecule has 1 aromatic heterocycles. The molecule has 0 aliphatic rings. The van der Waals surface area contributed by atoms with Crippen LogP contribution in [0.2, 0.25) is 0 Å². The van der Waals surface area contributed by atoms with E-state index in [1.165, 1.54) is 29.1 Å². The lowest BCUT2D eigenvalue weighted by atomic mass is 10.2. The molecule has 0 saturated heterocycles. The van der Waals surface area contributed by atoms with Crippen molar-refractivity contribution in [3.05, 3.63) is 72.7 Å². The lowest BCUT2D eigenvalue weighted by Crippen LogP contribution is -2.22. The van der Waals surface area contributed by atoms with Crippen LogP contribution in [-0.2, 0) is 16.0 Å². The zero-order chi connectivity index (χ0) is 24.8. The summed E-state index contributed by atoms with van der Waals surface area (Å²) >= 11 is 3.36. The lowest BCUT2D eigenvalue weighted by Gasteiger charge is -2.12. The van der Waals surface area contributed by atoms with E-state index in [1.54, 1.807) is 32.0 Å². The minimum Gasteiger partial charge on any atom is -0.474 e. The lowest BCUT2D eigenvalue weighted by molar-refractivity contribution is -0.385. The molecule has 10 nitrogen and oxygen atoms in total. The maximum atomic E-state index is 13.2. The van der Waals surface area contributed by atoms with Gasteiger partial charge in [-0.1, -0.05) is 28.9 Å². The van der Waals surface area contributed by atoms with Crippen molar-refractivity contribution in [3.8, 4) is 5.75 Å². The number of aromatic nitrogens is 2. The van der Waals surface area contributed by atoms with E-state index in [0.29, 0.717) is 23.1 Å². The number of nitro groups is 1. The molecule has 0 N–H and O–H groups in total. The minimum atomic E-state index is -0.665. The van der Waals surface area contributed by atoms with E-state index in [9.17, 15) is 19.7 Å². The number of halogens is 1. The number of carbonyl (C=O) groups excluding carboxylic acids is 1. The Labute approximate surface area is 203 Å². The maximum absolute atomic E-state index is 13.2. The van der Waals surface area contributed by atoms with Crippen LogP contribution < -0.4 is 10.3 Å². The van der Waals surface area contributed by atoms with Crippen molar-refractivity contribution in [2.24, 2.45) is 5.10 Å². The highest BCUT2D eigenvalue weighted by Crippen LogP contribution is 2.30. The molecule has 0 amide bonds. The second kappa shape index (κ2) is 11.0. The summed E-state index contributed by atoms with van der Waals surface area (Å²) in [5.41, 5.74) is 0.0452. The molecule has 3 rings (SSSR count). The van der Waals surface area contributed by atoms with Crippen molar-refractivity contribution in [1.29, 1.82) is 0 Å². The van der Waals surface area contributed by atoms with Gasteiger partial charge in [0, 0.05) is 22.5 Å². The van der Waals surface area contributed by atoms with Crippen LogP contribution in [0.3, 0.4) is 0 Å². The van der Waals surface area contributed by atoms with Crippen molar-refractivity contribution in [2.45, 2.75) is 39.7 Å². The quantitative estimate of drug-likeness (QED) is 0.175. The van der Waals surface area contributed by atoms with E-state index in [4.69, 9.17) is 9.47 Å². The van der Waals surface area contributed by atoms with Crippen molar-refractivity contribution in [3.63, 3.8) is 0 Å². The molecule has 178 valence electrons. The average molecular weight is 531 g/mol. The second-order valence-corrected chi connectivity index (χ2v) is 8.50. The molecule has 0 bridgehead atoms. The number of hydrogen-bond donors (Lipinski definition) is 0. The van der Waals surface area contributed by atoms with Crippen LogP contribution >= 0.6 is 15.9 Å². The van der Waals surface area contributed by atoms with Crippen LogP contribution in [0.4, 0.5) is 5.69 Å². The summed E-state index contributed by atoms with van der Waals surface area (Å²) in [7, 11) is 0. The number of fused-ring (bicyclic) bond motifs is 1. The first-order chi connectivity index (χ1) is 16.2. The molecule has 0 aliphatic heterocycles. The van der Waals surface area contributed by atoms with Crippen LogP contribution in [0.25, 0.3) is 10.9 Å². The number of benzene rings is 2. The van der Waals surface area contributed by atoms with E-state index in [-0.39, 0.29) is 28.7 Å². The number of nitrogens with zero attached hydrogens (tertiary/aromatic N) is 4. The summed E-state index contributed by atoms with van der Waals surface area (Å²) in [6.45, 7) is 4.80. The second-order valence-electron chi connectivity index (χ2n) is 7.58. The molecule has 0 atom stereocenters. The predicted molar refractivity (Wildman–Crippen MR) is 131 cm³/mol. The monoisotopic (exact) mass is 530 g/mol. The third-order valence-corrected chi connectivity index (χ3v) is 5.08. The highest BCUT2D eigenvalue weighted by molar-refractivity contribution is 9.10. The standard InChI is InChI=1S/C23H23BrN4O6/c1-4-6-20-26-18-10-9-16(24)11-17(18)23(30)27(20)25-12-15-7-5-8-19(28(31)32)22(15)33-13-21(29)34-14(2)3/h5,7-12,14H,4,6,13H2,1-3H3. The van der Waals surface area contributed by atoms with Gasteiger partial charge in [0.05, 0.1) is 28.1 Å². The average Bonchev–Trinajstić information content (AvgIpc) is 2.77. The third-order valence-electron chi connectivity index (χ3n) is 4.58. The molecule has 0 spiro atoms. The molecule has 1 heterocycles. The zero-order valence-electron chi connectivity index (χ0n) is 18.9. The minimum absolute atomic E-state index is 0.154. The summed E-state index contributed by atoms with van der Waals surface area (Å²) in [6.07, 6.45) is 2.15. The van der Waals surface area contributed by atoms with Gasteiger partial charge in [-0.15, -0.1) is 0 Å². The van der Waals surface area contributed by atoms with Gasteiger partial charge >= 0.3 is 11.7 Å². The molecule has 3 aromatic rings. The third kappa shape index (κ3) is 5.84. The summed E-state index contributed by atoms with van der Waals surface area (Å²) in [4.78, 5) is 40.5. The van der Waals surface area contributed by atoms with Gasteiger partial charge in [-0.3, -0.25) is 14.9 Å². The number of nitro benzene ring substituents is 1. The first-order valence-corrected chi connectivity index (χ1v) is 11.4. The van der Waals surface area contributed by atoms with Crippen LogP contribution in [0, 0.1) is 10.1 Å². The van der Waals surface area contributed by atoms with Crippen LogP contribution in [0.5, 0.6) is 5.75 Å². The predicted octanol–water partition coefficient (Wildman–Crippen LogP) is 4.23. The van der Waals surface area contributed by atoms with Crippen LogP contribution in [0.1, 0.15) is 38.6 Å². The molecule has 0 fully saturated rings. The first-order valence-electron chi connectivity index (χ1n) is 10.6. The van der Waals surface area contributed by atoms with Crippen molar-refractivity contribution in [1.82, 2.24) is 9.66 Å². The summed E-state index contributed by atoms with van der Waals surface area (Å²) in [5, 5.41) is 16.2. The number of hydrogen-bond acceptors (Lipinski definition) is 8. The van der Waals surface area contributed by atoms with Gasteiger partial charge in [-0.2, -0.15) is 9.78 Å². The van der Waals surface area contributed by atoms with Gasteiger partial charge in [0.15, 0.2) is 6.61 Å². The number of ether oxygens (including phenoxy) is 2. The summed E-state index contributed by atoms with van der Waals surface area (Å²) in [6, 6.07) is 9.46. The van der Waals surface area contributed by atoms with Gasteiger partial charge in [0.25, 0.3) is 5.56 Å². The van der Waals surface area contributed by atoms with Crippen molar-refractivity contribution >= 4 is 44.7 Å². The van der Waals surface area contributed by atoms with Gasteiger partial charge in [0.1, 0.15) is 5.82 Å². The van der Waals surface area contributed by atoms with Gasteiger partial charge in [-0.25, -0.2) is 9.78 Å². The highest BCUT2D eigenvalue weighted by Gasteiger charge is 2.20. The van der Waals surface area contributed by atoms with Crippen LogP contribution in [0.15, 0.2) is 50.8 Å². The fraction of sp³-hybridized carbons (Fsp3) is 0.304. The number of carbonyl (C=O) groups is 1. The molecular formula is C23H23BrN4O6. The molecule has 34 heavy (non-hydrogen) atoms. The number of esters is 1. The Balaban J connectivity index is 2.06. The van der Waals surface area contributed by atoms with E-state index < -0.39 is 17.5 Å². The van der Waals surface area contributed by atoms with Gasteiger partial charge < -0.3 is 9.47 Å². The van der Waals surface area contributed by atoms with Gasteiger partial charge in [0.2, 0.25) is 5.75 Å². The van der Waals surface area contributed by atoms with Crippen molar-refractivity contribution < 1.29 is 19.2 Å². The zero-order valence-corrected chi connectivity index (χ0v) is 20.4. The van der Waals surface area contributed by atoms with E-state index in [2.05, 4.69) is 26.0 Å². The van der Waals surface area contributed by atoms with Crippen molar-refractivity contribution in [2.75, 3.05) is 6.61 Å². The fourth-order valence-electron chi connectivity index (χ4n) is 3.19. The number of para-hydroxylation sites is 1. The van der Waals surface area contributed by atoms with E-state index in [1.807, 2.05) is 6.92 Å². The molecular weight excluding hydrogens is 508 g/mol. The number of rotatable bonds is 9. The van der Waals surface area contributed by atoms with E-state index >= 15 is 0 Å². The molecule has 0 unspecified atom stereocenters. The van der Waals surface area contributed by atoms with Gasteiger partial charge in [-0.05, 0) is 44.5 Å². The highest BCUT2D eigenvalue weighted by atomic mass is 79.9. The largest absolute Gasteiger partial charge is 0.474 e. The number of aryl methyl sites for hydroxylation is 1. The Bertz CT molecular complexity index is 1320. The van der Waals surface area contributed by atoms with E-state index in [0.717, 1.165) is 10.9 Å². The Morgan fingerprint density at radius 1 is 1.32 bits per heavy atom. The maximum Gasteiger partial charge on any atom is 0.344 e. The first kappa shape index (κ1) is 25.0. The fourth-order valence-corrected chi connectivity index (χ4v) is 3.55. The Kier molecular flexibility index (Phi) is 8.11.